The van der Waals surface area contributed by atoms with Crippen LogP contribution in [0.25, 0.3) is 0 Å². The highest BCUT2D eigenvalue weighted by molar-refractivity contribution is 6.30. The zero-order valence-corrected chi connectivity index (χ0v) is 9.37. The van der Waals surface area contributed by atoms with Gasteiger partial charge in [0.2, 0.25) is 0 Å². The molecule has 0 radical (unpaired) electrons. The minimum absolute atomic E-state index is 0.114. The van der Waals surface area contributed by atoms with Gasteiger partial charge in [-0.1, -0.05) is 18.5 Å². The third-order valence-electron chi connectivity index (χ3n) is 2.16. The van der Waals surface area contributed by atoms with Crippen molar-refractivity contribution in [2.75, 3.05) is 19.8 Å². The molecule has 0 heterocycles. The van der Waals surface area contributed by atoms with Crippen LogP contribution >= 0.6 is 11.6 Å². The average molecular weight is 231 g/mol. The van der Waals surface area contributed by atoms with Crippen molar-refractivity contribution < 1.29 is 14.9 Å². The lowest BCUT2D eigenvalue weighted by Crippen LogP contribution is -2.32. The first-order valence-electron chi connectivity index (χ1n) is 4.70. The molecule has 0 spiro atoms. The average Bonchev–Trinajstić information content (AvgIpc) is 2.28. The van der Waals surface area contributed by atoms with E-state index in [2.05, 4.69) is 0 Å². The van der Waals surface area contributed by atoms with Gasteiger partial charge in [0.05, 0.1) is 19.8 Å². The first-order chi connectivity index (χ1) is 7.09. The monoisotopic (exact) mass is 230 g/mol. The molecule has 0 aliphatic carbocycles. The zero-order chi connectivity index (χ0) is 11.3. The second kappa shape index (κ2) is 5.35. The number of hydrogen-bond acceptors (Lipinski definition) is 3. The fraction of sp³-hybridized carbons (Fsp3) is 0.455. The smallest absolute Gasteiger partial charge is 0.119 e. The third kappa shape index (κ3) is 3.70. The van der Waals surface area contributed by atoms with E-state index in [1.54, 1.807) is 31.2 Å². The quantitative estimate of drug-likeness (QED) is 0.810. The van der Waals surface area contributed by atoms with Crippen molar-refractivity contribution in [2.45, 2.75) is 6.92 Å². The van der Waals surface area contributed by atoms with Crippen LogP contribution in [-0.2, 0) is 0 Å². The summed E-state index contributed by atoms with van der Waals surface area (Å²) < 4.78 is 5.43. The molecule has 0 aliphatic heterocycles. The Morgan fingerprint density at radius 1 is 1.20 bits per heavy atom. The lowest BCUT2D eigenvalue weighted by molar-refractivity contribution is 0.0287. The molecule has 2 N–H and O–H groups in total. The number of aliphatic hydroxyl groups excluding tert-OH is 2. The molecule has 0 saturated heterocycles. The molecule has 0 unspecified atom stereocenters. The van der Waals surface area contributed by atoms with Crippen LogP contribution in [0, 0.1) is 5.41 Å². The summed E-state index contributed by atoms with van der Waals surface area (Å²) in [6.45, 7) is 1.79. The van der Waals surface area contributed by atoms with Crippen molar-refractivity contribution in [3.63, 3.8) is 0 Å². The summed E-state index contributed by atoms with van der Waals surface area (Å²) in [7, 11) is 0. The van der Waals surface area contributed by atoms with Crippen molar-refractivity contribution in [2.24, 2.45) is 5.41 Å². The van der Waals surface area contributed by atoms with E-state index in [1.165, 1.54) is 0 Å². The standard InChI is InChI=1S/C11H15ClO3/c1-11(6-13,7-14)8-15-10-4-2-9(12)3-5-10/h2-5,13-14H,6-8H2,1H3. The van der Waals surface area contributed by atoms with E-state index in [0.717, 1.165) is 0 Å². The molecular weight excluding hydrogens is 216 g/mol. The summed E-state index contributed by atoms with van der Waals surface area (Å²) in [5.74, 6) is 0.674. The summed E-state index contributed by atoms with van der Waals surface area (Å²) in [6.07, 6.45) is 0. The highest BCUT2D eigenvalue weighted by Crippen LogP contribution is 2.20. The van der Waals surface area contributed by atoms with Gasteiger partial charge in [0.1, 0.15) is 5.75 Å². The maximum absolute atomic E-state index is 9.05. The molecule has 0 atom stereocenters. The summed E-state index contributed by atoms with van der Waals surface area (Å²) in [5, 5.41) is 18.7. The molecular formula is C11H15ClO3. The van der Waals surface area contributed by atoms with Crippen LogP contribution in [-0.4, -0.2) is 30.0 Å². The minimum Gasteiger partial charge on any atom is -0.493 e. The van der Waals surface area contributed by atoms with Gasteiger partial charge in [0.15, 0.2) is 0 Å². The number of aliphatic hydroxyl groups is 2. The summed E-state index contributed by atoms with van der Waals surface area (Å²) in [6, 6.07) is 6.95. The van der Waals surface area contributed by atoms with E-state index in [1.807, 2.05) is 0 Å². The van der Waals surface area contributed by atoms with E-state index >= 15 is 0 Å². The normalized spacial score (nSPS) is 11.5. The fourth-order valence-corrected chi connectivity index (χ4v) is 1.06. The first kappa shape index (κ1) is 12.3. The SMILES string of the molecule is CC(CO)(CO)COc1ccc(Cl)cc1. The Morgan fingerprint density at radius 2 is 1.73 bits per heavy atom. The van der Waals surface area contributed by atoms with Crippen molar-refractivity contribution in [3.8, 4) is 5.75 Å². The predicted molar refractivity (Wildman–Crippen MR) is 59.2 cm³/mol. The molecule has 4 heteroatoms. The fourth-order valence-electron chi connectivity index (χ4n) is 0.930. The van der Waals surface area contributed by atoms with Gasteiger partial charge in [-0.15, -0.1) is 0 Å². The molecule has 1 rings (SSSR count). The lowest BCUT2D eigenvalue weighted by Gasteiger charge is -2.24. The Balaban J connectivity index is 2.53. The molecule has 1 aromatic rings. The van der Waals surface area contributed by atoms with Crippen molar-refractivity contribution in [3.05, 3.63) is 29.3 Å². The van der Waals surface area contributed by atoms with Crippen molar-refractivity contribution >= 4 is 11.6 Å². The van der Waals surface area contributed by atoms with E-state index in [0.29, 0.717) is 10.8 Å². The van der Waals surface area contributed by atoms with E-state index in [4.69, 9.17) is 26.6 Å². The Bertz CT molecular complexity index is 293. The van der Waals surface area contributed by atoms with Crippen LogP contribution in [0.3, 0.4) is 0 Å². The zero-order valence-electron chi connectivity index (χ0n) is 8.61. The van der Waals surface area contributed by atoms with Gasteiger partial charge in [0, 0.05) is 10.4 Å². The van der Waals surface area contributed by atoms with Crippen LogP contribution in [0.15, 0.2) is 24.3 Å². The first-order valence-corrected chi connectivity index (χ1v) is 5.07. The van der Waals surface area contributed by atoms with Crippen LogP contribution in [0.5, 0.6) is 5.75 Å². The molecule has 3 nitrogen and oxygen atoms in total. The van der Waals surface area contributed by atoms with Gasteiger partial charge in [-0.25, -0.2) is 0 Å². The predicted octanol–water partition coefficient (Wildman–Crippen LogP) is 1.71. The number of hydrogen-bond donors (Lipinski definition) is 2. The van der Waals surface area contributed by atoms with Gasteiger partial charge >= 0.3 is 0 Å². The van der Waals surface area contributed by atoms with Gasteiger partial charge in [-0.05, 0) is 24.3 Å². The second-order valence-corrected chi connectivity index (χ2v) is 4.31. The Labute approximate surface area is 94.3 Å². The van der Waals surface area contributed by atoms with E-state index in [-0.39, 0.29) is 19.8 Å². The lowest BCUT2D eigenvalue weighted by atomic mass is 9.94. The molecule has 0 aliphatic rings. The number of rotatable bonds is 5. The Morgan fingerprint density at radius 3 is 2.20 bits per heavy atom. The molecule has 84 valence electrons. The van der Waals surface area contributed by atoms with E-state index < -0.39 is 5.41 Å². The van der Waals surface area contributed by atoms with Crippen LogP contribution in [0.1, 0.15) is 6.92 Å². The molecule has 0 aromatic heterocycles. The Hall–Kier alpha value is -0.770. The maximum atomic E-state index is 9.05. The molecule has 0 amide bonds. The molecule has 1 aromatic carbocycles. The highest BCUT2D eigenvalue weighted by atomic mass is 35.5. The molecule has 0 bridgehead atoms. The highest BCUT2D eigenvalue weighted by Gasteiger charge is 2.23. The number of halogens is 1. The Kier molecular flexibility index (Phi) is 4.39. The topological polar surface area (TPSA) is 49.7 Å². The molecule has 15 heavy (non-hydrogen) atoms. The number of ether oxygens (including phenoxy) is 1. The molecule has 0 fully saturated rings. The number of benzene rings is 1. The third-order valence-corrected chi connectivity index (χ3v) is 2.42. The van der Waals surface area contributed by atoms with Gasteiger partial charge in [0.25, 0.3) is 0 Å². The minimum atomic E-state index is -0.611. The van der Waals surface area contributed by atoms with Gasteiger partial charge < -0.3 is 14.9 Å². The van der Waals surface area contributed by atoms with Crippen LogP contribution in [0.4, 0.5) is 0 Å². The van der Waals surface area contributed by atoms with Crippen LogP contribution in [0.2, 0.25) is 5.02 Å². The summed E-state index contributed by atoms with van der Waals surface area (Å²) in [5.41, 5.74) is -0.611. The summed E-state index contributed by atoms with van der Waals surface area (Å²) >= 11 is 5.72. The summed E-state index contributed by atoms with van der Waals surface area (Å²) in [4.78, 5) is 0. The van der Waals surface area contributed by atoms with Crippen molar-refractivity contribution in [1.82, 2.24) is 0 Å². The van der Waals surface area contributed by atoms with Gasteiger partial charge in [-0.2, -0.15) is 0 Å². The van der Waals surface area contributed by atoms with Crippen LogP contribution < -0.4 is 4.74 Å². The largest absolute Gasteiger partial charge is 0.493 e. The second-order valence-electron chi connectivity index (χ2n) is 3.87. The maximum Gasteiger partial charge on any atom is 0.119 e. The van der Waals surface area contributed by atoms with E-state index in [9.17, 15) is 0 Å². The van der Waals surface area contributed by atoms with Gasteiger partial charge in [-0.3, -0.25) is 0 Å². The van der Waals surface area contributed by atoms with Crippen molar-refractivity contribution in [1.29, 1.82) is 0 Å². The molecule has 0 saturated carbocycles.